The van der Waals surface area contributed by atoms with E-state index in [1.165, 1.54) is 62.3 Å². The molecule has 0 radical (unpaired) electrons. The molecule has 1 aromatic heterocycles. The van der Waals surface area contributed by atoms with Crippen molar-refractivity contribution in [1.29, 1.82) is 0 Å². The summed E-state index contributed by atoms with van der Waals surface area (Å²) in [6.07, 6.45) is 28.6. The van der Waals surface area contributed by atoms with Gasteiger partial charge in [0, 0.05) is 36.1 Å². The maximum absolute atomic E-state index is 13.0. The summed E-state index contributed by atoms with van der Waals surface area (Å²) in [4.78, 5) is 18.5. The molecule has 1 saturated heterocycles. The third-order valence-corrected chi connectivity index (χ3v) is 7.47. The number of hydrogen-bond donors (Lipinski definition) is 1. The van der Waals surface area contributed by atoms with Crippen LogP contribution in [0.25, 0.3) is 10.9 Å². The van der Waals surface area contributed by atoms with Gasteiger partial charge in [-0.3, -0.25) is 4.79 Å². The van der Waals surface area contributed by atoms with E-state index in [0.29, 0.717) is 18.4 Å². The van der Waals surface area contributed by atoms with Crippen LogP contribution in [0.1, 0.15) is 102 Å². The van der Waals surface area contributed by atoms with E-state index >= 15 is 0 Å². The van der Waals surface area contributed by atoms with Crippen LogP contribution in [0.15, 0.2) is 48.7 Å². The number of unbranched alkanes of at least 4 members (excludes halogenated alkanes) is 8. The van der Waals surface area contributed by atoms with Gasteiger partial charge in [0.15, 0.2) is 0 Å². The van der Waals surface area contributed by atoms with Gasteiger partial charge < -0.3 is 14.6 Å². The zero-order valence-electron chi connectivity index (χ0n) is 22.8. The largest absolute Gasteiger partial charge is 0.497 e. The van der Waals surface area contributed by atoms with Gasteiger partial charge in [-0.25, -0.2) is 0 Å². The number of methoxy groups -OCH3 is 1. The fourth-order valence-corrected chi connectivity index (χ4v) is 5.31. The Morgan fingerprint density at radius 3 is 2.56 bits per heavy atom. The quantitative estimate of drug-likeness (QED) is 0.178. The molecule has 2 aromatic rings. The Morgan fingerprint density at radius 2 is 1.78 bits per heavy atom. The molecule has 3 rings (SSSR count). The predicted octanol–water partition coefficient (Wildman–Crippen LogP) is 8.52. The molecule has 1 aliphatic rings. The molecule has 4 nitrogen and oxygen atoms in total. The molecule has 1 N–H and O–H groups in total. The van der Waals surface area contributed by atoms with Gasteiger partial charge in [0.2, 0.25) is 5.91 Å². The lowest BCUT2D eigenvalue weighted by Gasteiger charge is -2.25. The number of carbonyl (C=O) groups is 1. The van der Waals surface area contributed by atoms with E-state index in [2.05, 4.69) is 59.4 Å². The highest BCUT2D eigenvalue weighted by atomic mass is 16.5. The second-order valence-electron chi connectivity index (χ2n) is 10.3. The van der Waals surface area contributed by atoms with Crippen LogP contribution in [0.5, 0.6) is 5.75 Å². The Bertz CT molecular complexity index is 958. The fourth-order valence-electron chi connectivity index (χ4n) is 5.31. The molecule has 0 bridgehead atoms. The summed E-state index contributed by atoms with van der Waals surface area (Å²) >= 11 is 0. The lowest BCUT2D eigenvalue weighted by Crippen LogP contribution is -2.36. The first-order chi connectivity index (χ1) is 17.7. The lowest BCUT2D eigenvalue weighted by atomic mass is 10.0. The van der Waals surface area contributed by atoms with E-state index in [1.54, 1.807) is 7.11 Å². The minimum absolute atomic E-state index is 0.320. The van der Waals surface area contributed by atoms with Gasteiger partial charge >= 0.3 is 0 Å². The molecule has 2 heterocycles. The van der Waals surface area contributed by atoms with Crippen LogP contribution in [-0.4, -0.2) is 35.5 Å². The highest BCUT2D eigenvalue weighted by Crippen LogP contribution is 2.28. The van der Waals surface area contributed by atoms with Crippen molar-refractivity contribution in [1.82, 2.24) is 9.88 Å². The normalized spacial score (nSPS) is 16.2. The van der Waals surface area contributed by atoms with Crippen molar-refractivity contribution in [2.75, 3.05) is 13.7 Å². The summed E-state index contributed by atoms with van der Waals surface area (Å²) in [5, 5.41) is 1.21. The minimum Gasteiger partial charge on any atom is -0.497 e. The lowest BCUT2D eigenvalue weighted by molar-refractivity contribution is -0.132. The SMILES string of the molecule is CCCCC/C=C\C/C=C\CCCCCCCC(=O)N1CCC[C@@H]1Cc1c[nH]c2ccc(OC)cc12. The number of likely N-dealkylation sites (tertiary alicyclic amines) is 1. The van der Waals surface area contributed by atoms with E-state index in [9.17, 15) is 4.79 Å². The van der Waals surface area contributed by atoms with E-state index < -0.39 is 0 Å². The van der Waals surface area contributed by atoms with Gasteiger partial charge in [0.25, 0.3) is 0 Å². The van der Waals surface area contributed by atoms with Gasteiger partial charge in [-0.1, -0.05) is 63.3 Å². The van der Waals surface area contributed by atoms with Crippen molar-refractivity contribution in [3.05, 3.63) is 54.3 Å². The Morgan fingerprint density at radius 1 is 1.03 bits per heavy atom. The number of carbonyl (C=O) groups excluding carboxylic acids is 1. The van der Waals surface area contributed by atoms with Crippen molar-refractivity contribution >= 4 is 16.8 Å². The third-order valence-electron chi connectivity index (χ3n) is 7.47. The molecule has 1 aliphatic heterocycles. The molecule has 0 aliphatic carbocycles. The number of amides is 1. The summed E-state index contributed by atoms with van der Waals surface area (Å²) < 4.78 is 5.41. The van der Waals surface area contributed by atoms with Gasteiger partial charge in [0.1, 0.15) is 5.75 Å². The van der Waals surface area contributed by atoms with Gasteiger partial charge in [-0.05, 0) is 81.5 Å². The summed E-state index contributed by atoms with van der Waals surface area (Å²) in [5.41, 5.74) is 2.41. The molecule has 1 amide bonds. The summed E-state index contributed by atoms with van der Waals surface area (Å²) in [6.45, 7) is 3.16. The van der Waals surface area contributed by atoms with E-state index in [1.807, 2.05) is 6.07 Å². The van der Waals surface area contributed by atoms with Crippen LogP contribution >= 0.6 is 0 Å². The molecule has 1 fully saturated rings. The summed E-state index contributed by atoms with van der Waals surface area (Å²) in [7, 11) is 1.71. The number of fused-ring (bicyclic) bond motifs is 1. The van der Waals surface area contributed by atoms with Crippen LogP contribution in [0.4, 0.5) is 0 Å². The first-order valence-electron chi connectivity index (χ1n) is 14.5. The number of aromatic amines is 1. The molecule has 36 heavy (non-hydrogen) atoms. The van der Waals surface area contributed by atoms with Gasteiger partial charge in [-0.2, -0.15) is 0 Å². The Labute approximate surface area is 219 Å². The molecule has 4 heteroatoms. The van der Waals surface area contributed by atoms with Crippen LogP contribution in [0.3, 0.4) is 0 Å². The number of benzene rings is 1. The van der Waals surface area contributed by atoms with E-state index in [0.717, 1.165) is 56.3 Å². The van der Waals surface area contributed by atoms with E-state index in [4.69, 9.17) is 4.74 Å². The number of aromatic nitrogens is 1. The van der Waals surface area contributed by atoms with Crippen LogP contribution in [0.2, 0.25) is 0 Å². The predicted molar refractivity (Wildman–Crippen MR) is 153 cm³/mol. The monoisotopic (exact) mass is 492 g/mol. The number of ether oxygens (including phenoxy) is 1. The summed E-state index contributed by atoms with van der Waals surface area (Å²) in [5.74, 6) is 1.23. The van der Waals surface area contributed by atoms with Crippen LogP contribution in [0, 0.1) is 0 Å². The van der Waals surface area contributed by atoms with Crippen LogP contribution < -0.4 is 4.74 Å². The second-order valence-corrected chi connectivity index (χ2v) is 10.3. The average molecular weight is 493 g/mol. The maximum Gasteiger partial charge on any atom is 0.222 e. The highest BCUT2D eigenvalue weighted by molar-refractivity contribution is 5.85. The standard InChI is InChI=1S/C32H48N2O2/c1-3-4-5-6-7-8-9-10-11-12-13-14-15-16-17-20-32(35)34-23-18-19-28(34)24-27-26-33-31-22-21-29(36-2)25-30(27)31/h7-8,10-11,21-22,25-26,28,33H,3-6,9,12-20,23-24H2,1-2H3/b8-7-,11-10-/t28-/m1/s1. The molecule has 1 aromatic carbocycles. The number of H-pyrrole nitrogens is 1. The molecule has 198 valence electrons. The topological polar surface area (TPSA) is 45.3 Å². The minimum atomic E-state index is 0.320. The Balaban J connectivity index is 1.28. The van der Waals surface area contributed by atoms with Gasteiger partial charge in [0.05, 0.1) is 7.11 Å². The molecule has 0 spiro atoms. The maximum atomic E-state index is 13.0. The number of rotatable bonds is 17. The van der Waals surface area contributed by atoms with Crippen LogP contribution in [-0.2, 0) is 11.2 Å². The molecule has 0 unspecified atom stereocenters. The Hall–Kier alpha value is -2.49. The summed E-state index contributed by atoms with van der Waals surface area (Å²) in [6, 6.07) is 6.48. The molecule has 1 atom stereocenters. The first kappa shape index (κ1) is 28.1. The van der Waals surface area contributed by atoms with Crippen molar-refractivity contribution in [2.24, 2.45) is 0 Å². The van der Waals surface area contributed by atoms with Crippen molar-refractivity contribution in [2.45, 2.75) is 109 Å². The number of nitrogens with one attached hydrogen (secondary N) is 1. The third kappa shape index (κ3) is 9.19. The number of nitrogens with zero attached hydrogens (tertiary/aromatic N) is 1. The van der Waals surface area contributed by atoms with E-state index in [-0.39, 0.29) is 0 Å². The number of hydrogen-bond acceptors (Lipinski definition) is 2. The average Bonchev–Trinajstić information content (AvgIpc) is 3.53. The smallest absolute Gasteiger partial charge is 0.222 e. The van der Waals surface area contributed by atoms with Crippen molar-refractivity contribution in [3.8, 4) is 5.75 Å². The first-order valence-corrected chi connectivity index (χ1v) is 14.5. The second kappa shape index (κ2) is 16.3. The zero-order valence-corrected chi connectivity index (χ0v) is 22.8. The molecular weight excluding hydrogens is 444 g/mol. The molecule has 0 saturated carbocycles. The zero-order chi connectivity index (χ0) is 25.4. The van der Waals surface area contributed by atoms with Gasteiger partial charge in [-0.15, -0.1) is 0 Å². The number of allylic oxidation sites excluding steroid dienone is 4. The van der Waals surface area contributed by atoms with Crippen molar-refractivity contribution in [3.63, 3.8) is 0 Å². The highest BCUT2D eigenvalue weighted by Gasteiger charge is 2.28. The fraction of sp³-hybridized carbons (Fsp3) is 0.594. The van der Waals surface area contributed by atoms with Crippen molar-refractivity contribution < 1.29 is 9.53 Å². The Kier molecular flexibility index (Phi) is 12.7. The molecular formula is C32H48N2O2.